The van der Waals surface area contributed by atoms with Crippen LogP contribution in [0, 0.1) is 0 Å². The molecule has 0 saturated heterocycles. The number of benzene rings is 10. The Hall–Kier alpha value is -8.08. The number of fused-ring (bicyclic) bond motifs is 9. The standard InChI is InChI=1S/C60H34B5N3/c61-56-55(57(62)59(64)60(65)58(56)63)35-19-25-42(26-20-35)68-53-29-23-38(36-21-27-51-45(31-36)43-15-7-9-17-49(43)66(51)40-11-3-1-4-12-40)33-47(53)48-34-39(24-30-54(48)68)37-22-28-52-46(32-37)44-16-8-10-18-50(44)67(52)41-13-5-2-6-14-41/h1-34H. The Bertz CT molecular complexity index is 3940. The molecule has 13 aromatic rings. The third-order valence-electron chi connectivity index (χ3n) is 13.9. The van der Waals surface area contributed by atoms with Crippen LogP contribution in [-0.4, -0.2) is 52.9 Å². The van der Waals surface area contributed by atoms with Gasteiger partial charge in [-0.1, -0.05) is 120 Å². The molecule has 0 aliphatic heterocycles. The van der Waals surface area contributed by atoms with E-state index >= 15 is 0 Å². The maximum Gasteiger partial charge on any atom is 0.113 e. The molecule has 0 aliphatic rings. The molecule has 68 heavy (non-hydrogen) atoms. The Labute approximate surface area is 400 Å². The van der Waals surface area contributed by atoms with Crippen LogP contribution in [0.3, 0.4) is 0 Å². The first-order chi connectivity index (χ1) is 33.3. The van der Waals surface area contributed by atoms with Gasteiger partial charge in [-0.15, -0.1) is 16.4 Å². The zero-order valence-corrected chi connectivity index (χ0v) is 36.9. The van der Waals surface area contributed by atoms with E-state index in [2.05, 4.69) is 208 Å². The van der Waals surface area contributed by atoms with Crippen molar-refractivity contribution in [3.8, 4) is 50.4 Å². The molecule has 304 valence electrons. The molecule has 0 aliphatic carbocycles. The molecule has 8 heteroatoms. The van der Waals surface area contributed by atoms with Gasteiger partial charge < -0.3 is 13.7 Å². The number of hydrogen-bond donors (Lipinski definition) is 0. The highest BCUT2D eigenvalue weighted by molar-refractivity contribution is 6.68. The normalized spacial score (nSPS) is 11.8. The average molecular weight is 851 g/mol. The molecule has 3 aromatic heterocycles. The van der Waals surface area contributed by atoms with Crippen molar-refractivity contribution in [1.29, 1.82) is 0 Å². The van der Waals surface area contributed by atoms with E-state index < -0.39 is 0 Å². The first-order valence-electron chi connectivity index (χ1n) is 22.7. The lowest BCUT2D eigenvalue weighted by atomic mass is 9.60. The van der Waals surface area contributed by atoms with Gasteiger partial charge in [-0.3, -0.25) is 0 Å². The Morgan fingerprint density at radius 1 is 0.221 bits per heavy atom. The third-order valence-corrected chi connectivity index (χ3v) is 13.9. The number of rotatable bonds is 6. The molecule has 0 bridgehead atoms. The van der Waals surface area contributed by atoms with Crippen LogP contribution in [-0.2, 0) is 0 Å². The summed E-state index contributed by atoms with van der Waals surface area (Å²) in [5.41, 5.74) is 17.3. The van der Waals surface area contributed by atoms with E-state index in [-0.39, 0.29) is 16.4 Å². The Morgan fingerprint density at radius 3 is 0.882 bits per heavy atom. The first-order valence-corrected chi connectivity index (χ1v) is 22.7. The molecule has 0 amide bonds. The summed E-state index contributed by atoms with van der Waals surface area (Å²) >= 11 is 0. The predicted octanol–water partition coefficient (Wildman–Crippen LogP) is 9.95. The third kappa shape index (κ3) is 6.06. The van der Waals surface area contributed by atoms with Gasteiger partial charge in [0.15, 0.2) is 0 Å². The van der Waals surface area contributed by atoms with Crippen LogP contribution in [0.5, 0.6) is 0 Å². The monoisotopic (exact) mass is 851 g/mol. The number of nitrogens with zero attached hydrogens (tertiary/aromatic N) is 3. The van der Waals surface area contributed by atoms with Crippen LogP contribution < -0.4 is 27.3 Å². The highest BCUT2D eigenvalue weighted by Crippen LogP contribution is 2.41. The van der Waals surface area contributed by atoms with Crippen molar-refractivity contribution in [3.05, 3.63) is 206 Å². The van der Waals surface area contributed by atoms with Gasteiger partial charge in [0.2, 0.25) is 0 Å². The first kappa shape index (κ1) is 40.2. The molecule has 10 radical (unpaired) electrons. The van der Waals surface area contributed by atoms with Crippen molar-refractivity contribution in [2.75, 3.05) is 0 Å². The summed E-state index contributed by atoms with van der Waals surface area (Å²) < 4.78 is 7.04. The van der Waals surface area contributed by atoms with Gasteiger partial charge in [-0.2, -0.15) is 0 Å². The Balaban J connectivity index is 1.00. The second kappa shape index (κ2) is 15.5. The number of hydrogen-bond acceptors (Lipinski definition) is 0. The van der Waals surface area contributed by atoms with E-state index in [1.807, 2.05) is 12.1 Å². The summed E-state index contributed by atoms with van der Waals surface area (Å²) in [6, 6.07) is 74.1. The summed E-state index contributed by atoms with van der Waals surface area (Å²) in [6.07, 6.45) is 0. The van der Waals surface area contributed by atoms with Gasteiger partial charge in [0, 0.05) is 49.4 Å². The van der Waals surface area contributed by atoms with Crippen molar-refractivity contribution in [2.45, 2.75) is 0 Å². The summed E-state index contributed by atoms with van der Waals surface area (Å²) in [4.78, 5) is 0. The molecule has 0 unspecified atom stereocenters. The zero-order valence-electron chi connectivity index (χ0n) is 36.9. The lowest BCUT2D eigenvalue weighted by Gasteiger charge is -2.21. The molecule has 10 aromatic carbocycles. The van der Waals surface area contributed by atoms with E-state index in [1.165, 1.54) is 43.6 Å². The molecule has 13 rings (SSSR count). The minimum atomic E-state index is 0.196. The Morgan fingerprint density at radius 2 is 0.500 bits per heavy atom. The molecule has 3 heterocycles. The summed E-state index contributed by atoms with van der Waals surface area (Å²) in [6.45, 7) is 0. The van der Waals surface area contributed by atoms with Crippen LogP contribution in [0.1, 0.15) is 0 Å². The topological polar surface area (TPSA) is 14.8 Å². The SMILES string of the molecule is [B]c1c([B])c([B])c(-c2ccc(-n3c4ccc(-c5ccc6c(c5)c5ccccc5n6-c5ccccc5)cc4c4cc(-c5ccc6c(c5)c5ccccc5n6-c5ccccc5)ccc43)cc2)c([B])c1[B]. The van der Waals surface area contributed by atoms with Crippen molar-refractivity contribution in [3.63, 3.8) is 0 Å². The van der Waals surface area contributed by atoms with Crippen LogP contribution in [0.4, 0.5) is 0 Å². The Kier molecular flexibility index (Phi) is 9.17. The van der Waals surface area contributed by atoms with Crippen LogP contribution >= 0.6 is 0 Å². The van der Waals surface area contributed by atoms with Gasteiger partial charge in [0.05, 0.1) is 33.1 Å². The molecule has 3 nitrogen and oxygen atoms in total. The molecule has 0 N–H and O–H groups in total. The maximum absolute atomic E-state index is 6.51. The molecule has 0 fully saturated rings. The van der Waals surface area contributed by atoms with E-state index in [1.54, 1.807) is 0 Å². The van der Waals surface area contributed by atoms with Crippen molar-refractivity contribution in [2.24, 2.45) is 0 Å². The second-order valence-electron chi connectivity index (χ2n) is 17.6. The van der Waals surface area contributed by atoms with Crippen molar-refractivity contribution in [1.82, 2.24) is 13.7 Å². The minimum absolute atomic E-state index is 0.196. The number of aromatic nitrogens is 3. The predicted molar refractivity (Wildman–Crippen MR) is 293 cm³/mol. The molecule has 0 spiro atoms. The smallest absolute Gasteiger partial charge is 0.113 e. The van der Waals surface area contributed by atoms with Crippen LogP contribution in [0.25, 0.3) is 116 Å². The average Bonchev–Trinajstić information content (AvgIpc) is 4.03. The molecule has 0 saturated carbocycles. The highest BCUT2D eigenvalue weighted by Gasteiger charge is 2.19. The zero-order chi connectivity index (χ0) is 45.8. The molecular formula is C60H34B5N3. The maximum atomic E-state index is 6.51. The number of para-hydroxylation sites is 4. The fourth-order valence-corrected chi connectivity index (χ4v) is 10.6. The second-order valence-corrected chi connectivity index (χ2v) is 17.6. The lowest BCUT2D eigenvalue weighted by molar-refractivity contribution is 1.18. The van der Waals surface area contributed by atoms with Crippen molar-refractivity contribution < 1.29 is 0 Å². The van der Waals surface area contributed by atoms with Gasteiger partial charge >= 0.3 is 0 Å². The summed E-state index contributed by atoms with van der Waals surface area (Å²) in [5.74, 6) is 0. The van der Waals surface area contributed by atoms with E-state index in [4.69, 9.17) is 39.2 Å². The van der Waals surface area contributed by atoms with Gasteiger partial charge in [0.25, 0.3) is 0 Å². The largest absolute Gasteiger partial charge is 0.309 e. The molecular weight excluding hydrogens is 817 g/mol. The summed E-state index contributed by atoms with van der Waals surface area (Å²) in [7, 11) is 31.8. The summed E-state index contributed by atoms with van der Waals surface area (Å²) in [5, 5.41) is 7.14. The van der Waals surface area contributed by atoms with E-state index in [0.717, 1.165) is 66.7 Å². The van der Waals surface area contributed by atoms with Gasteiger partial charge in [0.1, 0.15) is 39.2 Å². The van der Waals surface area contributed by atoms with E-state index in [0.29, 0.717) is 16.5 Å². The quantitative estimate of drug-likeness (QED) is 0.148. The van der Waals surface area contributed by atoms with Crippen molar-refractivity contribution >= 4 is 132 Å². The van der Waals surface area contributed by atoms with Crippen LogP contribution in [0.15, 0.2) is 206 Å². The fourth-order valence-electron chi connectivity index (χ4n) is 10.6. The lowest BCUT2D eigenvalue weighted by Crippen LogP contribution is -2.55. The van der Waals surface area contributed by atoms with E-state index in [9.17, 15) is 0 Å². The fraction of sp³-hybridized carbons (Fsp3) is 0. The van der Waals surface area contributed by atoms with Gasteiger partial charge in [-0.25, -0.2) is 0 Å². The van der Waals surface area contributed by atoms with Gasteiger partial charge in [-0.05, 0) is 130 Å². The van der Waals surface area contributed by atoms with Crippen LogP contribution in [0.2, 0.25) is 0 Å². The highest BCUT2D eigenvalue weighted by atomic mass is 15.0. The molecule has 0 atom stereocenters. The minimum Gasteiger partial charge on any atom is -0.309 e.